The van der Waals surface area contributed by atoms with Crippen LogP contribution in [0.5, 0.6) is 0 Å². The number of halogens is 2. The molecule has 178 valence electrons. The van der Waals surface area contributed by atoms with Gasteiger partial charge in [0, 0.05) is 0 Å². The molecule has 1 heterocycles. The van der Waals surface area contributed by atoms with E-state index in [4.69, 9.17) is 28.3 Å². The van der Waals surface area contributed by atoms with Gasteiger partial charge in [-0.3, -0.25) is 9.59 Å². The number of amides is 1. The number of aliphatic carboxylic acids is 1. The Balaban J connectivity index is 1.42. The Kier molecular flexibility index (Phi) is 7.70. The molecule has 2 N–H and O–H groups in total. The van der Waals surface area contributed by atoms with E-state index in [2.05, 4.69) is 20.8 Å². The summed E-state index contributed by atoms with van der Waals surface area (Å²) < 4.78 is 1.49. The van der Waals surface area contributed by atoms with E-state index in [9.17, 15) is 9.59 Å². The quantitative estimate of drug-likeness (QED) is 0.299. The molecule has 1 aromatic heterocycles. The fourth-order valence-electron chi connectivity index (χ4n) is 3.35. The van der Waals surface area contributed by atoms with Crippen molar-refractivity contribution >= 4 is 52.5 Å². The number of carboxylic acid groups (broad SMARTS) is 1. The second-order valence-electron chi connectivity index (χ2n) is 7.63. The maximum absolute atomic E-state index is 12.6. The van der Waals surface area contributed by atoms with Gasteiger partial charge in [-0.1, -0.05) is 71.4 Å². The summed E-state index contributed by atoms with van der Waals surface area (Å²) in [6.45, 7) is 1.93. The molecule has 0 saturated heterocycles. The van der Waals surface area contributed by atoms with Gasteiger partial charge in [-0.2, -0.15) is 4.68 Å². The highest BCUT2D eigenvalue weighted by Gasteiger charge is 2.15. The van der Waals surface area contributed by atoms with E-state index in [1.54, 1.807) is 30.3 Å². The number of carbonyl (C=O) groups excluding carboxylic acids is 1. The molecule has 4 aromatic rings. The molecule has 0 aliphatic heterocycles. The summed E-state index contributed by atoms with van der Waals surface area (Å²) in [5.74, 6) is -1.12. The normalized spacial score (nSPS) is 10.8. The van der Waals surface area contributed by atoms with Gasteiger partial charge < -0.3 is 10.4 Å². The number of hydrogen-bond donors (Lipinski definition) is 2. The zero-order valence-electron chi connectivity index (χ0n) is 18.4. The molecule has 1 amide bonds. The van der Waals surface area contributed by atoms with E-state index in [-0.39, 0.29) is 18.1 Å². The number of nitrogens with zero attached hydrogens (tertiary/aromatic N) is 4. The Hall–Kier alpha value is -3.40. The molecule has 0 unspecified atom stereocenters. The third-order valence-corrected chi connectivity index (χ3v) is 6.50. The van der Waals surface area contributed by atoms with Crippen molar-refractivity contribution in [2.45, 2.75) is 18.5 Å². The number of benzene rings is 3. The minimum absolute atomic E-state index is 0.0547. The number of nitrogens with one attached hydrogen (secondary N) is 1. The number of carbonyl (C=O) groups is 2. The van der Waals surface area contributed by atoms with Crippen LogP contribution in [0, 0.1) is 6.92 Å². The van der Waals surface area contributed by atoms with Crippen molar-refractivity contribution in [3.05, 3.63) is 81.8 Å². The third-order valence-electron chi connectivity index (χ3n) is 4.96. The van der Waals surface area contributed by atoms with Gasteiger partial charge in [-0.15, -0.1) is 5.10 Å². The van der Waals surface area contributed by atoms with Crippen LogP contribution in [0.1, 0.15) is 11.1 Å². The number of carboxylic acids is 1. The Morgan fingerprint density at radius 2 is 1.83 bits per heavy atom. The van der Waals surface area contributed by atoms with Crippen LogP contribution in [0.3, 0.4) is 0 Å². The zero-order chi connectivity index (χ0) is 24.9. The van der Waals surface area contributed by atoms with E-state index in [1.807, 2.05) is 37.3 Å². The van der Waals surface area contributed by atoms with E-state index in [0.717, 1.165) is 16.7 Å². The van der Waals surface area contributed by atoms with Crippen LogP contribution in [0.4, 0.5) is 5.69 Å². The molecule has 0 bridgehead atoms. The molecule has 0 atom stereocenters. The standard InChI is InChI=1S/C24H19Cl2N5O3S/c1-14-5-8-21(19(26)9-14)31-24(28-29-30-31)35-13-22(32)27-20-7-6-17(12-18(20)25)16-4-2-3-15(10-16)11-23(33)34/h2-10,12H,11,13H2,1H3,(H,27,32)(H,33,34). The van der Waals surface area contributed by atoms with Crippen LogP contribution >= 0.6 is 35.0 Å². The van der Waals surface area contributed by atoms with E-state index >= 15 is 0 Å². The molecule has 11 heteroatoms. The highest BCUT2D eigenvalue weighted by atomic mass is 35.5. The number of hydrogen-bond acceptors (Lipinski definition) is 6. The number of aromatic nitrogens is 4. The Labute approximate surface area is 215 Å². The Morgan fingerprint density at radius 1 is 1.03 bits per heavy atom. The maximum Gasteiger partial charge on any atom is 0.307 e. The van der Waals surface area contributed by atoms with Crippen molar-refractivity contribution in [2.75, 3.05) is 11.1 Å². The minimum Gasteiger partial charge on any atom is -0.481 e. The zero-order valence-corrected chi connectivity index (χ0v) is 20.7. The van der Waals surface area contributed by atoms with E-state index in [1.165, 1.54) is 16.4 Å². The van der Waals surface area contributed by atoms with Gasteiger partial charge >= 0.3 is 5.97 Å². The number of rotatable bonds is 8. The minimum atomic E-state index is -0.896. The van der Waals surface area contributed by atoms with E-state index in [0.29, 0.717) is 32.1 Å². The summed E-state index contributed by atoms with van der Waals surface area (Å²) >= 11 is 13.9. The molecule has 0 aliphatic rings. The Bertz CT molecular complexity index is 1410. The topological polar surface area (TPSA) is 110 Å². The SMILES string of the molecule is Cc1ccc(-n2nnnc2SCC(=O)Nc2ccc(-c3cccc(CC(=O)O)c3)cc2Cl)c(Cl)c1. The molecular weight excluding hydrogens is 509 g/mol. The van der Waals surface area contributed by atoms with Crippen molar-refractivity contribution in [2.24, 2.45) is 0 Å². The molecular formula is C24H19Cl2N5O3S. The fourth-order valence-corrected chi connectivity index (χ4v) is 4.58. The average molecular weight is 528 g/mol. The molecule has 0 aliphatic carbocycles. The highest BCUT2D eigenvalue weighted by molar-refractivity contribution is 7.99. The maximum atomic E-state index is 12.6. The highest BCUT2D eigenvalue weighted by Crippen LogP contribution is 2.30. The second kappa shape index (κ2) is 10.9. The van der Waals surface area contributed by atoms with Gasteiger partial charge in [0.2, 0.25) is 11.1 Å². The first kappa shape index (κ1) is 24.7. The van der Waals surface area contributed by atoms with Crippen molar-refractivity contribution in [1.29, 1.82) is 0 Å². The lowest BCUT2D eigenvalue weighted by Crippen LogP contribution is -2.15. The molecule has 0 fully saturated rings. The molecule has 0 saturated carbocycles. The summed E-state index contributed by atoms with van der Waals surface area (Å²) in [5, 5.41) is 24.8. The van der Waals surface area contributed by atoms with Crippen LogP contribution in [0.2, 0.25) is 10.0 Å². The fraction of sp³-hybridized carbons (Fsp3) is 0.125. The van der Waals surface area contributed by atoms with Crippen molar-refractivity contribution in [1.82, 2.24) is 20.2 Å². The first-order valence-corrected chi connectivity index (χ1v) is 12.1. The predicted octanol–water partition coefficient (Wildman–Crippen LogP) is 5.30. The van der Waals surface area contributed by atoms with Gasteiger partial charge in [-0.25, -0.2) is 0 Å². The third kappa shape index (κ3) is 6.19. The average Bonchev–Trinajstić information content (AvgIpc) is 3.27. The lowest BCUT2D eigenvalue weighted by atomic mass is 10.0. The van der Waals surface area contributed by atoms with Gasteiger partial charge in [0.25, 0.3) is 0 Å². The summed E-state index contributed by atoms with van der Waals surface area (Å²) in [6, 6.07) is 18.0. The van der Waals surface area contributed by atoms with Gasteiger partial charge in [0.05, 0.1) is 33.6 Å². The summed E-state index contributed by atoms with van der Waals surface area (Å²) in [7, 11) is 0. The number of aryl methyl sites for hydroxylation is 1. The number of thioether (sulfide) groups is 1. The lowest BCUT2D eigenvalue weighted by molar-refractivity contribution is -0.136. The summed E-state index contributed by atoms with van der Waals surface area (Å²) in [5.41, 5.74) is 4.43. The molecule has 4 rings (SSSR count). The van der Waals surface area contributed by atoms with Gasteiger partial charge in [0.15, 0.2) is 0 Å². The van der Waals surface area contributed by atoms with Gasteiger partial charge in [0.1, 0.15) is 0 Å². The molecule has 0 spiro atoms. The molecule has 3 aromatic carbocycles. The van der Waals surface area contributed by atoms with Gasteiger partial charge in [-0.05, 0) is 63.9 Å². The monoisotopic (exact) mass is 527 g/mol. The number of anilines is 1. The lowest BCUT2D eigenvalue weighted by Gasteiger charge is -2.10. The van der Waals surface area contributed by atoms with Crippen LogP contribution in [-0.2, 0) is 16.0 Å². The largest absolute Gasteiger partial charge is 0.481 e. The van der Waals surface area contributed by atoms with Crippen LogP contribution in [-0.4, -0.2) is 42.9 Å². The van der Waals surface area contributed by atoms with Crippen LogP contribution < -0.4 is 5.32 Å². The van der Waals surface area contributed by atoms with E-state index < -0.39 is 5.97 Å². The summed E-state index contributed by atoms with van der Waals surface area (Å²) in [6.07, 6.45) is -0.0627. The summed E-state index contributed by atoms with van der Waals surface area (Å²) in [4.78, 5) is 23.6. The molecule has 8 nitrogen and oxygen atoms in total. The number of tetrazole rings is 1. The van der Waals surface area contributed by atoms with Crippen LogP contribution in [0.15, 0.2) is 65.8 Å². The molecule has 0 radical (unpaired) electrons. The Morgan fingerprint density at radius 3 is 2.57 bits per heavy atom. The first-order valence-electron chi connectivity index (χ1n) is 10.4. The first-order chi connectivity index (χ1) is 16.8. The van der Waals surface area contributed by atoms with Crippen molar-refractivity contribution in [3.8, 4) is 16.8 Å². The van der Waals surface area contributed by atoms with Crippen molar-refractivity contribution in [3.63, 3.8) is 0 Å². The van der Waals surface area contributed by atoms with Crippen molar-refractivity contribution < 1.29 is 14.7 Å². The second-order valence-corrected chi connectivity index (χ2v) is 9.39. The predicted molar refractivity (Wildman–Crippen MR) is 136 cm³/mol. The van der Waals surface area contributed by atoms with Crippen LogP contribution in [0.25, 0.3) is 16.8 Å². The molecule has 35 heavy (non-hydrogen) atoms. The smallest absolute Gasteiger partial charge is 0.307 e.